The van der Waals surface area contributed by atoms with Crippen molar-refractivity contribution in [3.63, 3.8) is 0 Å². The molecule has 9 atom stereocenters. The number of rotatable bonds is 1. The predicted octanol–water partition coefficient (Wildman–Crippen LogP) is 8.23. The fourth-order valence-electron chi connectivity index (χ4n) is 11.3. The molecule has 5 fully saturated rings. The third kappa shape index (κ3) is 2.59. The summed E-state index contributed by atoms with van der Waals surface area (Å²) in [5.41, 5.74) is 3.06. The van der Waals surface area contributed by atoms with Crippen LogP contribution in [-0.4, -0.2) is 5.78 Å². The average molecular weight is 425 g/mol. The van der Waals surface area contributed by atoms with Gasteiger partial charge in [-0.05, 0) is 116 Å². The van der Waals surface area contributed by atoms with Gasteiger partial charge in [-0.2, -0.15) is 0 Å². The zero-order valence-electron chi connectivity index (χ0n) is 21.6. The molecule has 0 heterocycles. The van der Waals surface area contributed by atoms with Crippen LogP contribution in [0.3, 0.4) is 0 Å². The summed E-state index contributed by atoms with van der Waals surface area (Å²) in [5, 5.41) is 0. The van der Waals surface area contributed by atoms with Crippen LogP contribution in [0, 0.1) is 56.7 Å². The molecule has 1 heteroatoms. The van der Waals surface area contributed by atoms with Gasteiger partial charge >= 0.3 is 0 Å². The fourth-order valence-corrected chi connectivity index (χ4v) is 11.3. The molecule has 0 aromatic rings. The molecule has 0 aromatic carbocycles. The molecule has 0 radical (unpaired) electrons. The van der Waals surface area contributed by atoms with E-state index in [0.717, 1.165) is 36.5 Å². The second kappa shape index (κ2) is 6.50. The van der Waals surface area contributed by atoms with Crippen LogP contribution in [0.4, 0.5) is 0 Å². The molecule has 0 spiro atoms. The number of fused-ring (bicyclic) bond motifs is 7. The van der Waals surface area contributed by atoms with E-state index < -0.39 is 0 Å². The zero-order chi connectivity index (χ0) is 22.6. The molecule has 0 unspecified atom stereocenters. The highest BCUT2D eigenvalue weighted by Crippen LogP contribution is 2.77. The molecule has 174 valence electrons. The summed E-state index contributed by atoms with van der Waals surface area (Å²) in [6, 6.07) is 0. The van der Waals surface area contributed by atoms with Crippen molar-refractivity contribution in [1.29, 1.82) is 0 Å². The molecule has 0 aromatic heterocycles. The fraction of sp³-hybridized carbons (Fsp3) is 0.900. The van der Waals surface area contributed by atoms with Crippen molar-refractivity contribution < 1.29 is 4.79 Å². The molecule has 5 aliphatic carbocycles. The number of allylic oxidation sites excluding steroid dienone is 1. The Kier molecular flexibility index (Phi) is 4.66. The highest BCUT2D eigenvalue weighted by atomic mass is 16.1. The molecule has 0 bridgehead atoms. The molecule has 1 nitrogen and oxygen atoms in total. The lowest BCUT2D eigenvalue weighted by atomic mass is 9.32. The molecule has 5 saturated carbocycles. The van der Waals surface area contributed by atoms with Crippen molar-refractivity contribution in [2.24, 2.45) is 56.7 Å². The van der Waals surface area contributed by atoms with Crippen molar-refractivity contribution in [1.82, 2.24) is 0 Å². The molecule has 5 aliphatic rings. The SMILES string of the molecule is C=C(C)[C@H]1CC[C@@]2(C)CC[C@@]3(C)[C@@H](CC[C@H]4[C@]5(C)CCC(=O)C(C)(C)[C@@H]5CC[C@@]43C)[C@H]12. The van der Waals surface area contributed by atoms with E-state index in [-0.39, 0.29) is 5.41 Å². The Morgan fingerprint density at radius 3 is 2.19 bits per heavy atom. The van der Waals surface area contributed by atoms with Crippen molar-refractivity contribution in [2.45, 2.75) is 113 Å². The van der Waals surface area contributed by atoms with Gasteiger partial charge in [0.1, 0.15) is 5.78 Å². The molecule has 0 amide bonds. The van der Waals surface area contributed by atoms with E-state index in [1.165, 1.54) is 56.9 Å². The standard InChI is InChI=1S/C30H48O/c1-19(2)20-11-14-27(5)17-18-29(7)21(25(20)27)9-10-23-28(6)15-13-24(31)26(3,4)22(28)12-16-30(23,29)8/h20-23,25H,1,9-18H2,2-8H3/t20-,21+,22+,23+,25+,27+,28-,29+,30+/m1/s1. The zero-order valence-corrected chi connectivity index (χ0v) is 21.6. The van der Waals surface area contributed by atoms with Gasteiger partial charge in [-0.25, -0.2) is 0 Å². The Balaban J connectivity index is 1.55. The van der Waals surface area contributed by atoms with Crippen LogP contribution >= 0.6 is 0 Å². The quantitative estimate of drug-likeness (QED) is 0.387. The molecular formula is C30H48O. The normalized spacial score (nSPS) is 55.6. The first-order valence-corrected chi connectivity index (χ1v) is 13.5. The summed E-state index contributed by atoms with van der Waals surface area (Å²) in [6.45, 7) is 22.0. The van der Waals surface area contributed by atoms with Crippen LogP contribution in [0.25, 0.3) is 0 Å². The second-order valence-corrected chi connectivity index (χ2v) is 14.5. The first kappa shape index (κ1) is 22.2. The minimum absolute atomic E-state index is 0.131. The Morgan fingerprint density at radius 1 is 0.806 bits per heavy atom. The van der Waals surface area contributed by atoms with Crippen molar-refractivity contribution in [3.05, 3.63) is 12.2 Å². The van der Waals surface area contributed by atoms with Crippen LogP contribution in [0.1, 0.15) is 113 Å². The Labute approximate surface area is 192 Å². The Morgan fingerprint density at radius 2 is 1.52 bits per heavy atom. The molecule has 0 saturated heterocycles. The second-order valence-electron chi connectivity index (χ2n) is 14.5. The molecule has 5 rings (SSSR count). The first-order chi connectivity index (χ1) is 14.3. The van der Waals surface area contributed by atoms with E-state index in [4.69, 9.17) is 0 Å². The van der Waals surface area contributed by atoms with Gasteiger partial charge < -0.3 is 0 Å². The van der Waals surface area contributed by atoms with Gasteiger partial charge in [0.2, 0.25) is 0 Å². The summed E-state index contributed by atoms with van der Waals surface area (Å²) in [7, 11) is 0. The van der Waals surface area contributed by atoms with E-state index in [1.807, 2.05) is 0 Å². The monoisotopic (exact) mass is 424 g/mol. The van der Waals surface area contributed by atoms with Crippen molar-refractivity contribution >= 4 is 5.78 Å². The molecule has 0 N–H and O–H groups in total. The van der Waals surface area contributed by atoms with E-state index >= 15 is 0 Å². The lowest BCUT2D eigenvalue weighted by molar-refractivity contribution is -0.232. The Hall–Kier alpha value is -0.590. The third-order valence-electron chi connectivity index (χ3n) is 13.2. The predicted molar refractivity (Wildman–Crippen MR) is 130 cm³/mol. The maximum atomic E-state index is 12.9. The highest BCUT2D eigenvalue weighted by molar-refractivity contribution is 5.85. The summed E-state index contributed by atoms with van der Waals surface area (Å²) in [6.07, 6.45) is 13.0. The van der Waals surface area contributed by atoms with Crippen LogP contribution in [0.5, 0.6) is 0 Å². The maximum Gasteiger partial charge on any atom is 0.138 e. The van der Waals surface area contributed by atoms with Crippen LogP contribution in [-0.2, 0) is 4.79 Å². The number of carbonyl (C=O) groups is 1. The van der Waals surface area contributed by atoms with Gasteiger partial charge in [0.15, 0.2) is 0 Å². The molecule has 0 aliphatic heterocycles. The summed E-state index contributed by atoms with van der Waals surface area (Å²) in [4.78, 5) is 12.9. The Bertz CT molecular complexity index is 807. The lowest BCUT2D eigenvalue weighted by Crippen LogP contribution is -2.66. The van der Waals surface area contributed by atoms with Crippen LogP contribution < -0.4 is 0 Å². The smallest absolute Gasteiger partial charge is 0.138 e. The number of carbonyl (C=O) groups excluding carboxylic acids is 1. The number of hydrogen-bond donors (Lipinski definition) is 0. The largest absolute Gasteiger partial charge is 0.299 e. The van der Waals surface area contributed by atoms with Gasteiger partial charge in [-0.3, -0.25) is 4.79 Å². The van der Waals surface area contributed by atoms with Crippen LogP contribution in [0.2, 0.25) is 0 Å². The first-order valence-electron chi connectivity index (χ1n) is 13.5. The van der Waals surface area contributed by atoms with E-state index in [1.54, 1.807) is 0 Å². The van der Waals surface area contributed by atoms with E-state index in [2.05, 4.69) is 55.0 Å². The van der Waals surface area contributed by atoms with Gasteiger partial charge in [-0.15, -0.1) is 0 Å². The third-order valence-corrected chi connectivity index (χ3v) is 13.2. The maximum absolute atomic E-state index is 12.9. The highest BCUT2D eigenvalue weighted by Gasteiger charge is 2.70. The van der Waals surface area contributed by atoms with E-state index in [0.29, 0.717) is 33.4 Å². The van der Waals surface area contributed by atoms with E-state index in [9.17, 15) is 4.79 Å². The molecular weight excluding hydrogens is 376 g/mol. The minimum atomic E-state index is -0.131. The topological polar surface area (TPSA) is 17.1 Å². The minimum Gasteiger partial charge on any atom is -0.299 e. The van der Waals surface area contributed by atoms with Gasteiger partial charge in [0.05, 0.1) is 0 Å². The molecule has 31 heavy (non-hydrogen) atoms. The summed E-state index contributed by atoms with van der Waals surface area (Å²) >= 11 is 0. The summed E-state index contributed by atoms with van der Waals surface area (Å²) in [5.74, 6) is 4.33. The number of hydrogen-bond acceptors (Lipinski definition) is 1. The number of ketones is 1. The lowest BCUT2D eigenvalue weighted by Gasteiger charge is -2.72. The van der Waals surface area contributed by atoms with Crippen LogP contribution in [0.15, 0.2) is 12.2 Å². The van der Waals surface area contributed by atoms with Gasteiger partial charge in [0.25, 0.3) is 0 Å². The number of Topliss-reactive ketones (excluding diaryl/α,β-unsaturated/α-hetero) is 1. The summed E-state index contributed by atoms with van der Waals surface area (Å²) < 4.78 is 0. The van der Waals surface area contributed by atoms with Crippen molar-refractivity contribution in [3.8, 4) is 0 Å². The van der Waals surface area contributed by atoms with Crippen molar-refractivity contribution in [2.75, 3.05) is 0 Å². The van der Waals surface area contributed by atoms with Gasteiger partial charge in [0, 0.05) is 11.8 Å². The van der Waals surface area contributed by atoms with Gasteiger partial charge in [-0.1, -0.05) is 53.7 Å². The average Bonchev–Trinajstić information content (AvgIpc) is 3.04.